The Morgan fingerprint density at radius 1 is 1.08 bits per heavy atom. The molecule has 2 heterocycles. The molecule has 3 N–H and O–H groups in total. The summed E-state index contributed by atoms with van der Waals surface area (Å²) in [6.45, 7) is 5.79. The summed E-state index contributed by atoms with van der Waals surface area (Å²) in [7, 11) is 1.80. The Morgan fingerprint density at radius 2 is 1.88 bits per heavy atom. The number of benzene rings is 1. The highest BCUT2D eigenvalue weighted by molar-refractivity contribution is 5.84. The second kappa shape index (κ2) is 8.52. The molecule has 2 aromatic heterocycles. The Bertz CT molecular complexity index is 877. The SMILES string of the molecule is CN=C(NCCc1ccc(C)nc1)NCCc1c[nH]c2cc(C)ccc12. The summed E-state index contributed by atoms with van der Waals surface area (Å²) in [6, 6.07) is 10.7. The summed E-state index contributed by atoms with van der Waals surface area (Å²) in [4.78, 5) is 12.0. The highest BCUT2D eigenvalue weighted by atomic mass is 15.2. The van der Waals surface area contributed by atoms with E-state index in [1.54, 1.807) is 7.05 Å². The van der Waals surface area contributed by atoms with Gasteiger partial charge in [-0.1, -0.05) is 18.2 Å². The molecule has 1 aromatic carbocycles. The number of H-pyrrole nitrogens is 1. The fourth-order valence-corrected chi connectivity index (χ4v) is 3.01. The molecule has 0 aliphatic rings. The third-order valence-electron chi connectivity index (χ3n) is 4.51. The summed E-state index contributed by atoms with van der Waals surface area (Å²) < 4.78 is 0. The monoisotopic (exact) mass is 349 g/mol. The van der Waals surface area contributed by atoms with Crippen LogP contribution in [-0.2, 0) is 12.8 Å². The molecule has 5 heteroatoms. The lowest BCUT2D eigenvalue weighted by molar-refractivity contribution is 0.784. The number of aliphatic imine (C=N–C) groups is 1. The zero-order chi connectivity index (χ0) is 18.4. The van der Waals surface area contributed by atoms with Gasteiger partial charge in [-0.2, -0.15) is 0 Å². The van der Waals surface area contributed by atoms with Crippen molar-refractivity contribution in [3.63, 3.8) is 0 Å². The van der Waals surface area contributed by atoms with E-state index in [1.165, 1.54) is 27.6 Å². The first-order chi connectivity index (χ1) is 12.7. The van der Waals surface area contributed by atoms with Crippen LogP contribution < -0.4 is 10.6 Å². The van der Waals surface area contributed by atoms with Gasteiger partial charge in [0.1, 0.15) is 0 Å². The van der Waals surface area contributed by atoms with Gasteiger partial charge >= 0.3 is 0 Å². The van der Waals surface area contributed by atoms with Crippen LogP contribution in [0.3, 0.4) is 0 Å². The van der Waals surface area contributed by atoms with E-state index in [0.29, 0.717) is 0 Å². The van der Waals surface area contributed by atoms with Gasteiger partial charge < -0.3 is 15.6 Å². The van der Waals surface area contributed by atoms with E-state index in [-0.39, 0.29) is 0 Å². The van der Waals surface area contributed by atoms with Crippen molar-refractivity contribution in [3.05, 3.63) is 65.1 Å². The summed E-state index contributed by atoms with van der Waals surface area (Å²) in [6.07, 6.45) is 5.92. The summed E-state index contributed by atoms with van der Waals surface area (Å²) >= 11 is 0. The van der Waals surface area contributed by atoms with Crippen molar-refractivity contribution in [2.24, 2.45) is 4.99 Å². The van der Waals surface area contributed by atoms with Gasteiger partial charge in [0.15, 0.2) is 5.96 Å². The fraction of sp³-hybridized carbons (Fsp3) is 0.333. The van der Waals surface area contributed by atoms with Crippen LogP contribution in [-0.4, -0.2) is 36.1 Å². The van der Waals surface area contributed by atoms with E-state index in [9.17, 15) is 0 Å². The van der Waals surface area contributed by atoms with Crippen molar-refractivity contribution < 1.29 is 0 Å². The van der Waals surface area contributed by atoms with Gasteiger partial charge in [0.2, 0.25) is 0 Å². The van der Waals surface area contributed by atoms with Crippen molar-refractivity contribution in [1.29, 1.82) is 0 Å². The van der Waals surface area contributed by atoms with Gasteiger partial charge in [0.25, 0.3) is 0 Å². The lowest BCUT2D eigenvalue weighted by Crippen LogP contribution is -2.39. The van der Waals surface area contributed by atoms with Crippen molar-refractivity contribution in [3.8, 4) is 0 Å². The molecule has 26 heavy (non-hydrogen) atoms. The van der Waals surface area contributed by atoms with E-state index >= 15 is 0 Å². The molecule has 0 fully saturated rings. The maximum atomic E-state index is 4.33. The van der Waals surface area contributed by atoms with Crippen LogP contribution in [0.25, 0.3) is 10.9 Å². The van der Waals surface area contributed by atoms with E-state index in [2.05, 4.69) is 63.0 Å². The molecule has 3 rings (SSSR count). The van der Waals surface area contributed by atoms with Crippen LogP contribution in [0.15, 0.2) is 47.7 Å². The molecule has 0 bridgehead atoms. The number of guanidine groups is 1. The number of aromatic nitrogens is 2. The Kier molecular flexibility index (Phi) is 5.89. The molecule has 0 saturated heterocycles. The minimum absolute atomic E-state index is 0.830. The average molecular weight is 349 g/mol. The number of pyridine rings is 1. The largest absolute Gasteiger partial charge is 0.361 e. The van der Waals surface area contributed by atoms with Crippen molar-refractivity contribution in [2.45, 2.75) is 26.7 Å². The second-order valence-electron chi connectivity index (χ2n) is 6.60. The number of aryl methyl sites for hydroxylation is 2. The topological polar surface area (TPSA) is 65.1 Å². The van der Waals surface area contributed by atoms with Crippen LogP contribution in [0.4, 0.5) is 0 Å². The molecule has 0 aliphatic heterocycles. The van der Waals surface area contributed by atoms with E-state index < -0.39 is 0 Å². The van der Waals surface area contributed by atoms with Crippen LogP contribution in [0.1, 0.15) is 22.4 Å². The van der Waals surface area contributed by atoms with E-state index in [0.717, 1.165) is 37.6 Å². The summed E-state index contributed by atoms with van der Waals surface area (Å²) in [5, 5.41) is 8.05. The molecule has 5 nitrogen and oxygen atoms in total. The zero-order valence-electron chi connectivity index (χ0n) is 15.8. The Labute approximate surface area is 155 Å². The summed E-state index contributed by atoms with van der Waals surface area (Å²) in [5.74, 6) is 0.834. The van der Waals surface area contributed by atoms with Gasteiger partial charge in [0, 0.05) is 49.1 Å². The highest BCUT2D eigenvalue weighted by Gasteiger charge is 2.04. The number of hydrogen-bond acceptors (Lipinski definition) is 2. The number of hydrogen-bond donors (Lipinski definition) is 3. The van der Waals surface area contributed by atoms with Gasteiger partial charge in [0.05, 0.1) is 0 Å². The molecule has 0 aliphatic carbocycles. The Hall–Kier alpha value is -2.82. The number of fused-ring (bicyclic) bond motifs is 1. The highest BCUT2D eigenvalue weighted by Crippen LogP contribution is 2.19. The van der Waals surface area contributed by atoms with Crippen molar-refractivity contribution in [2.75, 3.05) is 20.1 Å². The fourth-order valence-electron chi connectivity index (χ4n) is 3.01. The van der Waals surface area contributed by atoms with Gasteiger partial charge in [-0.3, -0.25) is 9.98 Å². The molecule has 0 unspecified atom stereocenters. The molecular formula is C21H27N5. The van der Waals surface area contributed by atoms with E-state index in [1.807, 2.05) is 19.2 Å². The zero-order valence-corrected chi connectivity index (χ0v) is 15.8. The van der Waals surface area contributed by atoms with Gasteiger partial charge in [-0.25, -0.2) is 0 Å². The molecule has 136 valence electrons. The van der Waals surface area contributed by atoms with Crippen LogP contribution >= 0.6 is 0 Å². The first kappa shape index (κ1) is 18.0. The predicted molar refractivity (Wildman–Crippen MR) is 109 cm³/mol. The molecule has 0 saturated carbocycles. The Morgan fingerprint density at radius 3 is 2.62 bits per heavy atom. The molecule has 3 aromatic rings. The van der Waals surface area contributed by atoms with Crippen LogP contribution in [0.2, 0.25) is 0 Å². The van der Waals surface area contributed by atoms with Gasteiger partial charge in [-0.15, -0.1) is 0 Å². The number of rotatable bonds is 6. The maximum absolute atomic E-state index is 4.33. The van der Waals surface area contributed by atoms with Crippen molar-refractivity contribution in [1.82, 2.24) is 20.6 Å². The Balaban J connectivity index is 1.45. The maximum Gasteiger partial charge on any atom is 0.190 e. The third kappa shape index (κ3) is 4.63. The van der Waals surface area contributed by atoms with Crippen LogP contribution in [0.5, 0.6) is 0 Å². The molecule has 0 atom stereocenters. The van der Waals surface area contributed by atoms with Gasteiger partial charge in [-0.05, 0) is 55.5 Å². The van der Waals surface area contributed by atoms with Crippen molar-refractivity contribution >= 4 is 16.9 Å². The number of aromatic amines is 1. The lowest BCUT2D eigenvalue weighted by atomic mass is 10.1. The molecule has 0 spiro atoms. The number of nitrogens with zero attached hydrogens (tertiary/aromatic N) is 2. The smallest absolute Gasteiger partial charge is 0.190 e. The third-order valence-corrected chi connectivity index (χ3v) is 4.51. The average Bonchev–Trinajstić information content (AvgIpc) is 3.04. The standard InChI is InChI=1S/C21H27N5/c1-15-4-7-19-18(14-26-20(19)12-15)9-11-24-21(22-3)23-10-8-17-6-5-16(2)25-13-17/h4-7,12-14,26H,8-11H2,1-3H3,(H2,22,23,24). The summed E-state index contributed by atoms with van der Waals surface area (Å²) in [5.41, 5.74) is 6.08. The lowest BCUT2D eigenvalue weighted by Gasteiger charge is -2.11. The first-order valence-corrected chi connectivity index (χ1v) is 9.08. The van der Waals surface area contributed by atoms with E-state index in [4.69, 9.17) is 0 Å². The quantitative estimate of drug-likeness (QED) is 0.473. The molecule has 0 amide bonds. The molecule has 0 radical (unpaired) electrons. The normalized spacial score (nSPS) is 11.7. The van der Waals surface area contributed by atoms with Crippen LogP contribution in [0, 0.1) is 13.8 Å². The second-order valence-corrected chi connectivity index (χ2v) is 6.60. The number of nitrogens with one attached hydrogen (secondary N) is 3. The molecular weight excluding hydrogens is 322 g/mol. The first-order valence-electron chi connectivity index (χ1n) is 9.08. The predicted octanol–water partition coefficient (Wildman–Crippen LogP) is 3.13. The minimum atomic E-state index is 0.830. The minimum Gasteiger partial charge on any atom is -0.361 e.